The van der Waals surface area contributed by atoms with Gasteiger partial charge in [0.15, 0.2) is 0 Å². The van der Waals surface area contributed by atoms with Gasteiger partial charge in [0.05, 0.1) is 9.92 Å². The van der Waals surface area contributed by atoms with Crippen LogP contribution in [0.4, 0.5) is 0 Å². The number of amides is 1. The number of hydrogen-bond acceptors (Lipinski definition) is 6. The first-order valence-corrected chi connectivity index (χ1v) is 12.0. The zero-order chi connectivity index (χ0) is 21.1. The van der Waals surface area contributed by atoms with Gasteiger partial charge in [0, 0.05) is 81.4 Å². The Morgan fingerprint density at radius 3 is 2.83 bits per heavy atom. The summed E-state index contributed by atoms with van der Waals surface area (Å²) in [7, 11) is -3.73. The van der Waals surface area contributed by atoms with Gasteiger partial charge < -0.3 is 15.5 Å². The van der Waals surface area contributed by atoms with Crippen molar-refractivity contribution in [3.63, 3.8) is 0 Å². The highest BCUT2D eigenvalue weighted by atomic mass is 35.5. The molecule has 0 spiro atoms. The van der Waals surface area contributed by atoms with Crippen LogP contribution in [0.25, 0.3) is 10.8 Å². The minimum Gasteiger partial charge on any atom is -0.352 e. The Hall–Kier alpha value is -1.78. The van der Waals surface area contributed by atoms with Crippen molar-refractivity contribution < 1.29 is 13.2 Å². The number of carbonyl (C=O) groups is 1. The van der Waals surface area contributed by atoms with E-state index in [1.165, 1.54) is 10.5 Å². The summed E-state index contributed by atoms with van der Waals surface area (Å²) < 4.78 is 28.0. The standard InChI is InChI=1S/C20H26ClN5O3S/c21-17-13-23-12-15-2-1-3-18(20(15)17)30(28,29)26-9-4-16(14-26)24-19(27)5-8-25-10-6-22-7-11-25/h1-3,12-13,16,22H,4-11,14H2,(H,24,27)/t16-/m0/s1. The highest BCUT2D eigenvalue weighted by Crippen LogP contribution is 2.32. The molecule has 2 aliphatic rings. The van der Waals surface area contributed by atoms with E-state index in [0.717, 1.165) is 32.7 Å². The molecule has 4 rings (SSSR count). The van der Waals surface area contributed by atoms with Crippen molar-refractivity contribution >= 4 is 38.3 Å². The van der Waals surface area contributed by atoms with Crippen molar-refractivity contribution in [2.24, 2.45) is 0 Å². The predicted molar refractivity (Wildman–Crippen MR) is 116 cm³/mol. The molecule has 0 bridgehead atoms. The zero-order valence-corrected chi connectivity index (χ0v) is 18.3. The van der Waals surface area contributed by atoms with E-state index < -0.39 is 10.0 Å². The minimum atomic E-state index is -3.73. The molecular formula is C20H26ClN5O3S. The van der Waals surface area contributed by atoms with E-state index in [4.69, 9.17) is 11.6 Å². The van der Waals surface area contributed by atoms with Crippen molar-refractivity contribution in [1.29, 1.82) is 0 Å². The van der Waals surface area contributed by atoms with Crippen molar-refractivity contribution in [2.75, 3.05) is 45.8 Å². The van der Waals surface area contributed by atoms with Crippen molar-refractivity contribution in [3.05, 3.63) is 35.6 Å². The van der Waals surface area contributed by atoms with Gasteiger partial charge in [0.2, 0.25) is 15.9 Å². The van der Waals surface area contributed by atoms with Gasteiger partial charge in [-0.05, 0) is 12.5 Å². The van der Waals surface area contributed by atoms with Gasteiger partial charge in [-0.2, -0.15) is 4.31 Å². The maximum Gasteiger partial charge on any atom is 0.243 e. The van der Waals surface area contributed by atoms with E-state index in [-0.39, 0.29) is 23.4 Å². The number of benzene rings is 1. The highest BCUT2D eigenvalue weighted by molar-refractivity contribution is 7.89. The maximum atomic E-state index is 13.3. The van der Waals surface area contributed by atoms with Crippen LogP contribution < -0.4 is 10.6 Å². The quantitative estimate of drug-likeness (QED) is 0.682. The second-order valence-corrected chi connectivity index (χ2v) is 10.0. The molecule has 2 aromatic rings. The van der Waals surface area contributed by atoms with E-state index in [9.17, 15) is 13.2 Å². The van der Waals surface area contributed by atoms with Crippen LogP contribution in [-0.2, 0) is 14.8 Å². The van der Waals surface area contributed by atoms with Gasteiger partial charge in [0.1, 0.15) is 0 Å². The smallest absolute Gasteiger partial charge is 0.243 e. The molecule has 8 nitrogen and oxygen atoms in total. The third-order valence-corrected chi connectivity index (χ3v) is 7.89. The fourth-order valence-electron chi connectivity index (χ4n) is 4.07. The van der Waals surface area contributed by atoms with Gasteiger partial charge >= 0.3 is 0 Å². The first-order valence-electron chi connectivity index (χ1n) is 10.2. The van der Waals surface area contributed by atoms with E-state index >= 15 is 0 Å². The Morgan fingerprint density at radius 2 is 2.03 bits per heavy atom. The van der Waals surface area contributed by atoms with Crippen LogP contribution in [0.1, 0.15) is 12.8 Å². The topological polar surface area (TPSA) is 94.6 Å². The molecule has 1 atom stereocenters. The number of nitrogens with one attached hydrogen (secondary N) is 2. The molecule has 162 valence electrons. The molecule has 2 fully saturated rings. The Bertz CT molecular complexity index is 1020. The molecule has 0 radical (unpaired) electrons. The predicted octanol–water partition coefficient (Wildman–Crippen LogP) is 1.06. The molecular weight excluding hydrogens is 426 g/mol. The normalized spacial score (nSPS) is 21.2. The molecule has 1 aromatic carbocycles. The molecule has 2 saturated heterocycles. The minimum absolute atomic E-state index is 0.0305. The number of sulfonamides is 1. The lowest BCUT2D eigenvalue weighted by atomic mass is 10.2. The van der Waals surface area contributed by atoms with Gasteiger partial charge in [-0.1, -0.05) is 23.7 Å². The van der Waals surface area contributed by atoms with Crippen molar-refractivity contribution in [2.45, 2.75) is 23.8 Å². The van der Waals surface area contributed by atoms with Gasteiger partial charge in [-0.3, -0.25) is 9.78 Å². The summed E-state index contributed by atoms with van der Waals surface area (Å²) in [6.07, 6.45) is 4.08. The van der Waals surface area contributed by atoms with Crippen LogP contribution in [0.5, 0.6) is 0 Å². The van der Waals surface area contributed by atoms with E-state index in [2.05, 4.69) is 20.5 Å². The fourth-order valence-corrected chi connectivity index (χ4v) is 6.13. The number of hydrogen-bond donors (Lipinski definition) is 2. The second-order valence-electron chi connectivity index (χ2n) is 7.73. The average Bonchev–Trinajstić information content (AvgIpc) is 3.22. The third-order valence-electron chi connectivity index (χ3n) is 5.70. The number of aromatic nitrogens is 1. The van der Waals surface area contributed by atoms with E-state index in [1.54, 1.807) is 24.4 Å². The average molecular weight is 452 g/mol. The summed E-state index contributed by atoms with van der Waals surface area (Å²) in [4.78, 5) is 18.8. The summed E-state index contributed by atoms with van der Waals surface area (Å²) in [6.45, 7) is 5.16. The van der Waals surface area contributed by atoms with Crippen LogP contribution in [0.3, 0.4) is 0 Å². The summed E-state index contributed by atoms with van der Waals surface area (Å²) in [5.41, 5.74) is 0. The van der Waals surface area contributed by atoms with Crippen LogP contribution in [0.15, 0.2) is 35.5 Å². The maximum absolute atomic E-state index is 13.3. The first-order chi connectivity index (χ1) is 14.4. The van der Waals surface area contributed by atoms with Gasteiger partial charge in [-0.15, -0.1) is 0 Å². The largest absolute Gasteiger partial charge is 0.352 e. The molecule has 0 saturated carbocycles. The Kier molecular flexibility index (Phi) is 6.54. The Balaban J connectivity index is 1.40. The fraction of sp³-hybridized carbons (Fsp3) is 0.500. The lowest BCUT2D eigenvalue weighted by Gasteiger charge is -2.27. The lowest BCUT2D eigenvalue weighted by Crippen LogP contribution is -2.45. The number of carbonyl (C=O) groups excluding carboxylic acids is 1. The number of nitrogens with zero attached hydrogens (tertiary/aromatic N) is 3. The molecule has 1 amide bonds. The van der Waals surface area contributed by atoms with Crippen LogP contribution >= 0.6 is 11.6 Å². The third kappa shape index (κ3) is 4.60. The number of piperazine rings is 1. The molecule has 10 heteroatoms. The van der Waals surface area contributed by atoms with Crippen molar-refractivity contribution in [1.82, 2.24) is 24.8 Å². The lowest BCUT2D eigenvalue weighted by molar-refractivity contribution is -0.122. The zero-order valence-electron chi connectivity index (χ0n) is 16.7. The molecule has 0 aliphatic carbocycles. The summed E-state index contributed by atoms with van der Waals surface area (Å²) >= 11 is 6.26. The van der Waals surface area contributed by atoms with Gasteiger partial charge in [-0.25, -0.2) is 8.42 Å². The number of fused-ring (bicyclic) bond motifs is 1. The second kappa shape index (κ2) is 9.15. The number of rotatable bonds is 6. The van der Waals surface area contributed by atoms with Crippen LogP contribution in [0, 0.1) is 0 Å². The van der Waals surface area contributed by atoms with Crippen LogP contribution in [0.2, 0.25) is 5.02 Å². The summed E-state index contributed by atoms with van der Waals surface area (Å²) in [5.74, 6) is -0.0305. The molecule has 0 unspecified atom stereocenters. The summed E-state index contributed by atoms with van der Waals surface area (Å²) in [6, 6.07) is 4.88. The monoisotopic (exact) mass is 451 g/mol. The molecule has 1 aromatic heterocycles. The van der Waals surface area contributed by atoms with E-state index in [0.29, 0.717) is 35.2 Å². The number of pyridine rings is 1. The highest BCUT2D eigenvalue weighted by Gasteiger charge is 2.34. The Morgan fingerprint density at radius 1 is 1.23 bits per heavy atom. The van der Waals surface area contributed by atoms with Crippen molar-refractivity contribution in [3.8, 4) is 0 Å². The van der Waals surface area contributed by atoms with Crippen LogP contribution in [-0.4, -0.2) is 80.4 Å². The molecule has 3 heterocycles. The molecule has 2 N–H and O–H groups in total. The number of halogens is 1. The first kappa shape index (κ1) is 21.5. The molecule has 30 heavy (non-hydrogen) atoms. The molecule has 2 aliphatic heterocycles. The van der Waals surface area contributed by atoms with E-state index in [1.807, 2.05) is 0 Å². The SMILES string of the molecule is O=C(CCN1CCNCC1)N[C@H]1CCN(S(=O)(=O)c2cccc3cncc(Cl)c23)C1. The summed E-state index contributed by atoms with van der Waals surface area (Å²) in [5, 5.41) is 7.76. The Labute approximate surface area is 181 Å². The van der Waals surface area contributed by atoms with Gasteiger partial charge in [0.25, 0.3) is 0 Å².